The molecule has 5 nitrogen and oxygen atoms in total. The lowest BCUT2D eigenvalue weighted by atomic mass is 10.1. The van der Waals surface area contributed by atoms with Gasteiger partial charge < -0.3 is 5.32 Å². The highest BCUT2D eigenvalue weighted by Crippen LogP contribution is 2.26. The first-order valence-electron chi connectivity index (χ1n) is 10.3. The molecule has 0 bridgehead atoms. The van der Waals surface area contributed by atoms with Crippen LogP contribution < -0.4 is 10.0 Å². The average Bonchev–Trinajstić information content (AvgIpc) is 2.78. The van der Waals surface area contributed by atoms with Gasteiger partial charge in [0.15, 0.2) is 0 Å². The Balaban J connectivity index is 1.60. The molecular weight excluding hydrogens is 535 g/mol. The summed E-state index contributed by atoms with van der Waals surface area (Å²) in [5.74, 6) is 1.01. The number of rotatable bonds is 9. The van der Waals surface area contributed by atoms with E-state index in [4.69, 9.17) is 34.8 Å². The number of anilines is 1. The van der Waals surface area contributed by atoms with E-state index in [0.717, 1.165) is 22.4 Å². The fourth-order valence-corrected chi connectivity index (χ4v) is 5.73. The number of halogens is 3. The van der Waals surface area contributed by atoms with Crippen LogP contribution in [0.3, 0.4) is 0 Å². The molecule has 10 heteroatoms. The molecule has 2 N–H and O–H groups in total. The van der Waals surface area contributed by atoms with E-state index < -0.39 is 10.0 Å². The number of amides is 1. The molecule has 0 spiro atoms. The van der Waals surface area contributed by atoms with Crippen LogP contribution in [0.15, 0.2) is 59.5 Å². The third-order valence-corrected chi connectivity index (χ3v) is 8.66. The Bertz CT molecular complexity index is 1310. The Kier molecular flexibility index (Phi) is 9.18. The maximum Gasteiger partial charge on any atom is 0.263 e. The van der Waals surface area contributed by atoms with Gasteiger partial charge >= 0.3 is 0 Å². The van der Waals surface area contributed by atoms with E-state index >= 15 is 0 Å². The molecule has 0 saturated carbocycles. The van der Waals surface area contributed by atoms with Crippen molar-refractivity contribution in [2.75, 3.05) is 17.0 Å². The lowest BCUT2D eigenvalue weighted by Crippen LogP contribution is -2.26. The summed E-state index contributed by atoms with van der Waals surface area (Å²) in [6.07, 6.45) is 0. The largest absolute Gasteiger partial charge is 0.351 e. The van der Waals surface area contributed by atoms with Crippen LogP contribution >= 0.6 is 46.6 Å². The highest BCUT2D eigenvalue weighted by atomic mass is 35.5. The van der Waals surface area contributed by atoms with Gasteiger partial charge in [0.05, 0.1) is 15.1 Å². The van der Waals surface area contributed by atoms with E-state index in [1.807, 2.05) is 32.0 Å². The fourth-order valence-electron chi connectivity index (χ4n) is 3.02. The van der Waals surface area contributed by atoms with Crippen LogP contribution in [0.1, 0.15) is 27.0 Å². The molecule has 1 amide bonds. The van der Waals surface area contributed by atoms with Gasteiger partial charge in [0.25, 0.3) is 15.9 Å². The van der Waals surface area contributed by atoms with Gasteiger partial charge in [-0.2, -0.15) is 11.8 Å². The Morgan fingerprint density at radius 2 is 1.62 bits per heavy atom. The summed E-state index contributed by atoms with van der Waals surface area (Å²) in [4.78, 5) is 12.4. The van der Waals surface area contributed by atoms with Crippen LogP contribution in [-0.2, 0) is 15.8 Å². The van der Waals surface area contributed by atoms with Gasteiger partial charge in [0.1, 0.15) is 4.90 Å². The van der Waals surface area contributed by atoms with E-state index in [-0.39, 0.29) is 21.4 Å². The maximum atomic E-state index is 12.9. The lowest BCUT2D eigenvalue weighted by molar-refractivity contribution is 0.0956. The molecule has 0 saturated heterocycles. The molecule has 0 atom stereocenters. The van der Waals surface area contributed by atoms with Crippen LogP contribution in [0.5, 0.6) is 0 Å². The van der Waals surface area contributed by atoms with Crippen molar-refractivity contribution < 1.29 is 13.2 Å². The molecule has 0 fully saturated rings. The normalized spacial score (nSPS) is 11.3. The summed E-state index contributed by atoms with van der Waals surface area (Å²) in [5, 5.41) is 3.85. The van der Waals surface area contributed by atoms with Gasteiger partial charge in [-0.25, -0.2) is 8.42 Å². The van der Waals surface area contributed by atoms with Crippen molar-refractivity contribution in [3.05, 3.63) is 91.9 Å². The molecule has 180 valence electrons. The minimum Gasteiger partial charge on any atom is -0.351 e. The summed E-state index contributed by atoms with van der Waals surface area (Å²) in [6, 6.07) is 14.9. The van der Waals surface area contributed by atoms with Gasteiger partial charge in [0, 0.05) is 29.3 Å². The monoisotopic (exact) mass is 556 g/mol. The zero-order valence-corrected chi connectivity index (χ0v) is 22.4. The van der Waals surface area contributed by atoms with E-state index in [0.29, 0.717) is 28.0 Å². The van der Waals surface area contributed by atoms with Crippen LogP contribution in [0.2, 0.25) is 15.1 Å². The van der Waals surface area contributed by atoms with Crippen molar-refractivity contribution in [3.63, 3.8) is 0 Å². The van der Waals surface area contributed by atoms with Crippen molar-refractivity contribution in [1.82, 2.24) is 5.32 Å². The second kappa shape index (κ2) is 11.7. The molecule has 0 aliphatic rings. The highest BCUT2D eigenvalue weighted by molar-refractivity contribution is 7.98. The zero-order valence-electron chi connectivity index (χ0n) is 18.5. The van der Waals surface area contributed by atoms with E-state index in [9.17, 15) is 13.2 Å². The molecule has 34 heavy (non-hydrogen) atoms. The molecule has 0 aromatic heterocycles. The second-order valence-electron chi connectivity index (χ2n) is 7.61. The number of hydrogen-bond acceptors (Lipinski definition) is 4. The fraction of sp³-hybridized carbons (Fsp3) is 0.208. The first kappa shape index (κ1) is 26.7. The number of benzene rings is 3. The van der Waals surface area contributed by atoms with Crippen molar-refractivity contribution in [1.29, 1.82) is 0 Å². The number of nitrogens with one attached hydrogen (secondary N) is 2. The van der Waals surface area contributed by atoms with Gasteiger partial charge in [-0.3, -0.25) is 9.52 Å². The first-order chi connectivity index (χ1) is 16.1. The number of thioether (sulfide) groups is 1. The van der Waals surface area contributed by atoms with E-state index in [1.54, 1.807) is 30.0 Å². The molecular formula is C24H23Cl3N2O3S2. The molecule has 3 aromatic carbocycles. The van der Waals surface area contributed by atoms with Gasteiger partial charge in [-0.1, -0.05) is 46.9 Å². The van der Waals surface area contributed by atoms with Gasteiger partial charge in [0.2, 0.25) is 0 Å². The summed E-state index contributed by atoms with van der Waals surface area (Å²) in [5.41, 5.74) is 3.67. The quantitative estimate of drug-likeness (QED) is 0.286. The number of hydrogen-bond donors (Lipinski definition) is 2. The highest BCUT2D eigenvalue weighted by Gasteiger charge is 2.20. The predicted molar refractivity (Wildman–Crippen MR) is 143 cm³/mol. The Labute approximate surface area is 219 Å². The maximum absolute atomic E-state index is 12.9. The van der Waals surface area contributed by atoms with Gasteiger partial charge in [-0.15, -0.1) is 0 Å². The second-order valence-corrected chi connectivity index (χ2v) is 11.6. The van der Waals surface area contributed by atoms with Crippen molar-refractivity contribution >= 4 is 68.2 Å². The third-order valence-electron chi connectivity index (χ3n) is 5.03. The minimum atomic E-state index is -3.98. The Morgan fingerprint density at radius 3 is 2.32 bits per heavy atom. The van der Waals surface area contributed by atoms with E-state index in [1.165, 1.54) is 18.2 Å². The first-order valence-corrected chi connectivity index (χ1v) is 14.0. The predicted octanol–water partition coefficient (Wildman–Crippen LogP) is 6.73. The standard InChI is InChI=1S/C24H23Cl3N2O3S2/c1-15-3-6-19(11-16(15)2)29-34(31,32)23-13-18(5-8-21(23)26)24(30)28-9-10-33-14-17-4-7-20(25)22(27)12-17/h3-8,11-13,29H,9-10,14H2,1-2H3,(H,28,30). The molecule has 0 radical (unpaired) electrons. The van der Waals surface area contributed by atoms with Crippen LogP contribution in [0.25, 0.3) is 0 Å². The van der Waals surface area contributed by atoms with Crippen LogP contribution in [0, 0.1) is 13.8 Å². The number of sulfonamides is 1. The topological polar surface area (TPSA) is 75.3 Å². The van der Waals surface area contributed by atoms with Crippen LogP contribution in [0.4, 0.5) is 5.69 Å². The van der Waals surface area contributed by atoms with Crippen molar-refractivity contribution in [3.8, 4) is 0 Å². The molecule has 0 aliphatic carbocycles. The summed E-state index contributed by atoms with van der Waals surface area (Å²) in [6.45, 7) is 4.25. The van der Waals surface area contributed by atoms with Gasteiger partial charge in [-0.05, 0) is 73.0 Å². The molecule has 3 aromatic rings. The summed E-state index contributed by atoms with van der Waals surface area (Å²) in [7, 11) is -3.98. The zero-order chi connectivity index (χ0) is 24.9. The molecule has 0 heterocycles. The summed E-state index contributed by atoms with van der Waals surface area (Å²) < 4.78 is 28.4. The smallest absolute Gasteiger partial charge is 0.263 e. The number of carbonyl (C=O) groups is 1. The minimum absolute atomic E-state index is 0.0325. The summed E-state index contributed by atoms with van der Waals surface area (Å²) >= 11 is 19.7. The lowest BCUT2D eigenvalue weighted by Gasteiger charge is -2.12. The number of carbonyl (C=O) groups excluding carboxylic acids is 1. The Hall–Kier alpha value is -1.90. The van der Waals surface area contributed by atoms with Crippen molar-refractivity contribution in [2.24, 2.45) is 0 Å². The average molecular weight is 558 g/mol. The molecule has 0 unspecified atom stereocenters. The number of aryl methyl sites for hydroxylation is 2. The Morgan fingerprint density at radius 1 is 0.882 bits per heavy atom. The third kappa shape index (κ3) is 7.06. The molecule has 0 aliphatic heterocycles. The van der Waals surface area contributed by atoms with Crippen molar-refractivity contribution in [2.45, 2.75) is 24.5 Å². The molecule has 3 rings (SSSR count). The van der Waals surface area contributed by atoms with Crippen LogP contribution in [-0.4, -0.2) is 26.6 Å². The van der Waals surface area contributed by atoms with E-state index in [2.05, 4.69) is 10.0 Å². The SMILES string of the molecule is Cc1ccc(NS(=O)(=O)c2cc(C(=O)NCCSCc3ccc(Cl)c(Cl)c3)ccc2Cl)cc1C.